The van der Waals surface area contributed by atoms with Gasteiger partial charge >= 0.3 is 0 Å². The number of hydrogen-bond donors (Lipinski definition) is 1. The van der Waals surface area contributed by atoms with E-state index in [-0.39, 0.29) is 5.75 Å². The zero-order valence-corrected chi connectivity index (χ0v) is 13.6. The van der Waals surface area contributed by atoms with Crippen LogP contribution in [0.25, 0.3) is 11.4 Å². The molecular weight excluding hydrogens is 328 g/mol. The molecule has 0 aliphatic carbocycles. The maximum Gasteiger partial charge on any atom is 0.240 e. The van der Waals surface area contributed by atoms with E-state index in [0.717, 1.165) is 5.56 Å². The summed E-state index contributed by atoms with van der Waals surface area (Å²) < 4.78 is 29.4. The molecular formula is C16H16N4O3S. The fraction of sp³-hybridized carbons (Fsp3) is 0.188. The van der Waals surface area contributed by atoms with Crippen LogP contribution < -0.4 is 5.32 Å². The summed E-state index contributed by atoms with van der Waals surface area (Å²) in [6, 6.07) is 12.0. The summed E-state index contributed by atoms with van der Waals surface area (Å²) >= 11 is 0. The van der Waals surface area contributed by atoms with Crippen molar-refractivity contribution >= 4 is 9.84 Å². The SMILES string of the molecule is O=S(=O)(CCNCc1nc(-c2ccncc2)no1)c1ccccc1. The molecule has 8 heteroatoms. The molecule has 0 saturated carbocycles. The van der Waals surface area contributed by atoms with Gasteiger partial charge in [-0.05, 0) is 24.3 Å². The van der Waals surface area contributed by atoms with E-state index < -0.39 is 9.84 Å². The molecule has 0 unspecified atom stereocenters. The average molecular weight is 344 g/mol. The zero-order valence-electron chi connectivity index (χ0n) is 12.8. The maximum absolute atomic E-state index is 12.1. The van der Waals surface area contributed by atoms with Gasteiger partial charge in [0.15, 0.2) is 9.84 Å². The van der Waals surface area contributed by atoms with E-state index in [1.807, 2.05) is 0 Å². The van der Waals surface area contributed by atoms with E-state index in [1.165, 1.54) is 0 Å². The van der Waals surface area contributed by atoms with Gasteiger partial charge in [-0.2, -0.15) is 4.98 Å². The number of benzene rings is 1. The molecule has 1 aromatic carbocycles. The highest BCUT2D eigenvalue weighted by atomic mass is 32.2. The van der Waals surface area contributed by atoms with E-state index in [4.69, 9.17) is 4.52 Å². The van der Waals surface area contributed by atoms with Crippen molar-refractivity contribution in [2.75, 3.05) is 12.3 Å². The topological polar surface area (TPSA) is 98.0 Å². The van der Waals surface area contributed by atoms with Crippen LogP contribution in [0.3, 0.4) is 0 Å². The Kier molecular flexibility index (Phi) is 4.97. The maximum atomic E-state index is 12.1. The highest BCUT2D eigenvalue weighted by Gasteiger charge is 2.13. The molecule has 2 aromatic heterocycles. The molecule has 0 aliphatic rings. The van der Waals surface area contributed by atoms with Gasteiger partial charge < -0.3 is 9.84 Å². The summed E-state index contributed by atoms with van der Waals surface area (Å²) in [7, 11) is -3.29. The molecule has 3 aromatic rings. The summed E-state index contributed by atoms with van der Waals surface area (Å²) in [6.07, 6.45) is 3.30. The number of nitrogens with one attached hydrogen (secondary N) is 1. The molecule has 3 rings (SSSR count). The summed E-state index contributed by atoms with van der Waals surface area (Å²) in [5.41, 5.74) is 0.812. The number of hydrogen-bond acceptors (Lipinski definition) is 7. The van der Waals surface area contributed by atoms with Gasteiger partial charge in [-0.3, -0.25) is 4.98 Å². The van der Waals surface area contributed by atoms with Crippen LogP contribution in [0.4, 0.5) is 0 Å². The van der Waals surface area contributed by atoms with Gasteiger partial charge in [-0.15, -0.1) is 0 Å². The zero-order chi connectivity index (χ0) is 16.8. The monoisotopic (exact) mass is 344 g/mol. The number of aromatic nitrogens is 3. The second kappa shape index (κ2) is 7.33. The van der Waals surface area contributed by atoms with E-state index >= 15 is 0 Å². The smallest absolute Gasteiger partial charge is 0.240 e. The molecule has 0 saturated heterocycles. The molecule has 24 heavy (non-hydrogen) atoms. The average Bonchev–Trinajstić information content (AvgIpc) is 3.09. The van der Waals surface area contributed by atoms with Crippen molar-refractivity contribution in [3.8, 4) is 11.4 Å². The highest BCUT2D eigenvalue weighted by Crippen LogP contribution is 2.14. The molecule has 1 N–H and O–H groups in total. The Labute approximate surface area is 139 Å². The largest absolute Gasteiger partial charge is 0.338 e. The molecule has 0 spiro atoms. The van der Waals surface area contributed by atoms with Crippen LogP contribution in [0, 0.1) is 0 Å². The number of rotatable bonds is 7. The van der Waals surface area contributed by atoms with Gasteiger partial charge in [0.2, 0.25) is 11.7 Å². The first-order valence-electron chi connectivity index (χ1n) is 7.37. The molecule has 0 fully saturated rings. The Morgan fingerprint density at radius 2 is 1.79 bits per heavy atom. The third-order valence-corrected chi connectivity index (χ3v) is 5.06. The van der Waals surface area contributed by atoms with Crippen LogP contribution in [0.5, 0.6) is 0 Å². The van der Waals surface area contributed by atoms with Crippen molar-refractivity contribution in [1.29, 1.82) is 0 Å². The van der Waals surface area contributed by atoms with E-state index in [2.05, 4.69) is 20.4 Å². The van der Waals surface area contributed by atoms with Gasteiger partial charge in [0.1, 0.15) is 0 Å². The van der Waals surface area contributed by atoms with Crippen molar-refractivity contribution in [2.24, 2.45) is 0 Å². The summed E-state index contributed by atoms with van der Waals surface area (Å²) in [4.78, 5) is 8.51. The van der Waals surface area contributed by atoms with Crippen molar-refractivity contribution in [3.05, 3.63) is 60.7 Å². The molecule has 0 atom stereocenters. The Hall–Kier alpha value is -2.58. The van der Waals surface area contributed by atoms with Crippen molar-refractivity contribution in [1.82, 2.24) is 20.4 Å². The second-order valence-corrected chi connectivity index (χ2v) is 7.17. The summed E-state index contributed by atoms with van der Waals surface area (Å²) in [5, 5.41) is 6.89. The van der Waals surface area contributed by atoms with Gasteiger partial charge in [0, 0.05) is 24.5 Å². The van der Waals surface area contributed by atoms with Gasteiger partial charge in [-0.1, -0.05) is 23.4 Å². The van der Waals surface area contributed by atoms with Crippen LogP contribution in [0.2, 0.25) is 0 Å². The van der Waals surface area contributed by atoms with Gasteiger partial charge in [0.05, 0.1) is 17.2 Å². The predicted molar refractivity (Wildman–Crippen MR) is 87.7 cm³/mol. The summed E-state index contributed by atoms with van der Waals surface area (Å²) in [6.45, 7) is 0.604. The normalized spacial score (nSPS) is 11.5. The lowest BCUT2D eigenvalue weighted by Crippen LogP contribution is -2.22. The van der Waals surface area contributed by atoms with Crippen molar-refractivity contribution in [2.45, 2.75) is 11.4 Å². The molecule has 0 amide bonds. The van der Waals surface area contributed by atoms with E-state index in [9.17, 15) is 8.42 Å². The predicted octanol–water partition coefficient (Wildman–Crippen LogP) is 1.70. The van der Waals surface area contributed by atoms with E-state index in [1.54, 1.807) is 54.9 Å². The van der Waals surface area contributed by atoms with Crippen LogP contribution in [-0.2, 0) is 16.4 Å². The minimum atomic E-state index is -3.29. The summed E-state index contributed by atoms with van der Waals surface area (Å²) in [5.74, 6) is 0.882. The fourth-order valence-corrected chi connectivity index (χ4v) is 3.31. The van der Waals surface area contributed by atoms with Gasteiger partial charge in [-0.25, -0.2) is 8.42 Å². The molecule has 124 valence electrons. The van der Waals surface area contributed by atoms with Crippen molar-refractivity contribution in [3.63, 3.8) is 0 Å². The number of sulfone groups is 1. The van der Waals surface area contributed by atoms with Crippen molar-refractivity contribution < 1.29 is 12.9 Å². The standard InChI is InChI=1S/C16H16N4O3S/c21-24(22,14-4-2-1-3-5-14)11-10-18-12-15-19-16(20-23-15)13-6-8-17-9-7-13/h1-9,18H,10-12H2. The van der Waals surface area contributed by atoms with Crippen LogP contribution >= 0.6 is 0 Å². The van der Waals surface area contributed by atoms with Crippen LogP contribution in [0.1, 0.15) is 5.89 Å². The molecule has 0 aliphatic heterocycles. The molecule has 2 heterocycles. The Bertz CT molecular complexity index is 880. The van der Waals surface area contributed by atoms with Gasteiger partial charge in [0.25, 0.3) is 0 Å². The first kappa shape index (κ1) is 16.3. The Morgan fingerprint density at radius 3 is 2.54 bits per heavy atom. The lowest BCUT2D eigenvalue weighted by atomic mass is 10.2. The first-order chi connectivity index (χ1) is 11.6. The lowest BCUT2D eigenvalue weighted by molar-refractivity contribution is 0.369. The van der Waals surface area contributed by atoms with E-state index in [0.29, 0.717) is 29.7 Å². The van der Waals surface area contributed by atoms with Crippen LogP contribution in [-0.4, -0.2) is 35.8 Å². The number of nitrogens with zero attached hydrogens (tertiary/aromatic N) is 3. The quantitative estimate of drug-likeness (QED) is 0.651. The minimum Gasteiger partial charge on any atom is -0.338 e. The minimum absolute atomic E-state index is 0.00234. The number of pyridine rings is 1. The lowest BCUT2D eigenvalue weighted by Gasteiger charge is -2.04. The molecule has 0 radical (unpaired) electrons. The Balaban J connectivity index is 1.52. The second-order valence-electron chi connectivity index (χ2n) is 5.06. The Morgan fingerprint density at radius 1 is 1.04 bits per heavy atom. The van der Waals surface area contributed by atoms with Crippen LogP contribution in [0.15, 0.2) is 64.3 Å². The fourth-order valence-electron chi connectivity index (χ4n) is 2.09. The third kappa shape index (κ3) is 4.03. The third-order valence-electron chi connectivity index (χ3n) is 3.33. The highest BCUT2D eigenvalue weighted by molar-refractivity contribution is 7.91. The first-order valence-corrected chi connectivity index (χ1v) is 9.02. The molecule has 7 nitrogen and oxygen atoms in total. The molecule has 0 bridgehead atoms.